The molecule has 0 amide bonds. The van der Waals surface area contributed by atoms with Crippen LogP contribution in [0.2, 0.25) is 0 Å². The minimum atomic E-state index is -0.342. The first-order valence-corrected chi connectivity index (χ1v) is 13.7. The molecule has 6 heteroatoms. The van der Waals surface area contributed by atoms with E-state index >= 15 is 0 Å². The van der Waals surface area contributed by atoms with Gasteiger partial charge in [-0.25, -0.2) is 4.98 Å². The number of fused-ring (bicyclic) bond motifs is 1. The summed E-state index contributed by atoms with van der Waals surface area (Å²) in [7, 11) is 0. The number of para-hydroxylation sites is 1. The van der Waals surface area contributed by atoms with E-state index in [1.807, 2.05) is 91.9 Å². The maximum atomic E-state index is 12.9. The summed E-state index contributed by atoms with van der Waals surface area (Å²) in [6.07, 6.45) is 0. The van der Waals surface area contributed by atoms with Gasteiger partial charge < -0.3 is 9.47 Å². The molecule has 0 aliphatic rings. The van der Waals surface area contributed by atoms with Crippen LogP contribution in [-0.2, 0) is 16.1 Å². The monoisotopic (exact) mass is 580 g/mol. The summed E-state index contributed by atoms with van der Waals surface area (Å²) < 4.78 is 12.8. The van der Waals surface area contributed by atoms with Gasteiger partial charge in [0.25, 0.3) is 0 Å². The van der Waals surface area contributed by atoms with Crippen LogP contribution in [0, 0.1) is 0 Å². The van der Waals surface area contributed by atoms with Crippen LogP contribution < -0.4 is 4.74 Å². The van der Waals surface area contributed by atoms with Crippen molar-refractivity contribution in [1.82, 2.24) is 9.88 Å². The van der Waals surface area contributed by atoms with E-state index < -0.39 is 0 Å². The smallest absolute Gasteiger partial charge is 0.320 e. The molecule has 4 aromatic carbocycles. The zero-order valence-electron chi connectivity index (χ0n) is 21.7. The Bertz CT molecular complexity index is 1530. The molecule has 1 atom stereocenters. The second-order valence-electron chi connectivity index (χ2n) is 9.14. The van der Waals surface area contributed by atoms with Crippen molar-refractivity contribution in [2.24, 2.45) is 0 Å². The van der Waals surface area contributed by atoms with Gasteiger partial charge in [0.2, 0.25) is 5.88 Å². The third-order valence-corrected chi connectivity index (χ3v) is 6.86. The number of carbonyl (C=O) groups is 1. The predicted molar refractivity (Wildman–Crippen MR) is 158 cm³/mol. The Morgan fingerprint density at radius 3 is 2.23 bits per heavy atom. The predicted octanol–water partition coefficient (Wildman–Crippen LogP) is 7.94. The Hall–Kier alpha value is -4.00. The van der Waals surface area contributed by atoms with E-state index in [4.69, 9.17) is 14.5 Å². The van der Waals surface area contributed by atoms with Gasteiger partial charge in [-0.15, -0.1) is 0 Å². The Morgan fingerprint density at radius 2 is 1.54 bits per heavy atom. The van der Waals surface area contributed by atoms with Gasteiger partial charge in [0.1, 0.15) is 5.75 Å². The van der Waals surface area contributed by atoms with Gasteiger partial charge in [0.15, 0.2) is 0 Å². The van der Waals surface area contributed by atoms with Crippen LogP contribution in [0.1, 0.15) is 29.7 Å². The van der Waals surface area contributed by atoms with Crippen molar-refractivity contribution in [2.45, 2.75) is 19.5 Å². The number of halogens is 1. The lowest BCUT2D eigenvalue weighted by Crippen LogP contribution is -2.35. The molecule has 5 nitrogen and oxygen atoms in total. The number of esters is 1. The molecule has 0 spiro atoms. The first-order chi connectivity index (χ1) is 19.1. The molecule has 0 aliphatic heterocycles. The maximum Gasteiger partial charge on any atom is 0.320 e. The molecule has 0 radical (unpaired) electrons. The van der Waals surface area contributed by atoms with E-state index in [-0.39, 0.29) is 18.6 Å². The zero-order valence-corrected chi connectivity index (χ0v) is 23.3. The standard InChI is InChI=1S/C33H29BrN2O3/c1-2-38-31(37)23-36(22-24-12-6-3-7-13-24)32(25-14-8-4-9-15-25)29-21-26-20-27(34)18-19-30(26)35-33(29)39-28-16-10-5-11-17-28/h3-21,32H,2,22-23H2,1H3. The van der Waals surface area contributed by atoms with Crippen molar-refractivity contribution in [2.75, 3.05) is 13.2 Å². The molecule has 39 heavy (non-hydrogen) atoms. The molecule has 0 saturated carbocycles. The second-order valence-corrected chi connectivity index (χ2v) is 10.1. The van der Waals surface area contributed by atoms with E-state index in [9.17, 15) is 4.79 Å². The lowest BCUT2D eigenvalue weighted by Gasteiger charge is -2.32. The van der Waals surface area contributed by atoms with Gasteiger partial charge in [-0.1, -0.05) is 94.8 Å². The first-order valence-electron chi connectivity index (χ1n) is 12.9. The van der Waals surface area contributed by atoms with Gasteiger partial charge in [-0.05, 0) is 54.4 Å². The topological polar surface area (TPSA) is 51.7 Å². The third kappa shape index (κ3) is 6.72. The molecule has 0 fully saturated rings. The van der Waals surface area contributed by atoms with Crippen LogP contribution in [0.25, 0.3) is 10.9 Å². The van der Waals surface area contributed by atoms with Crippen molar-refractivity contribution in [3.63, 3.8) is 0 Å². The van der Waals surface area contributed by atoms with Crippen LogP contribution >= 0.6 is 15.9 Å². The van der Waals surface area contributed by atoms with E-state index in [1.54, 1.807) is 0 Å². The number of hydrogen-bond donors (Lipinski definition) is 0. The van der Waals surface area contributed by atoms with Crippen molar-refractivity contribution in [3.8, 4) is 11.6 Å². The van der Waals surface area contributed by atoms with E-state index in [0.29, 0.717) is 24.8 Å². The summed E-state index contributed by atoms with van der Waals surface area (Å²) in [5, 5.41) is 0.969. The molecule has 5 aromatic rings. The molecule has 0 bridgehead atoms. The van der Waals surface area contributed by atoms with Crippen LogP contribution in [-0.4, -0.2) is 29.0 Å². The minimum absolute atomic E-state index is 0.101. The minimum Gasteiger partial charge on any atom is -0.465 e. The Balaban J connectivity index is 1.70. The fraction of sp³-hybridized carbons (Fsp3) is 0.152. The van der Waals surface area contributed by atoms with Gasteiger partial charge in [-0.2, -0.15) is 0 Å². The number of carbonyl (C=O) groups excluding carboxylic acids is 1. The number of benzene rings is 4. The zero-order chi connectivity index (χ0) is 27.0. The summed E-state index contributed by atoms with van der Waals surface area (Å²) in [5.74, 6) is 0.901. The number of aromatic nitrogens is 1. The fourth-order valence-corrected chi connectivity index (χ4v) is 5.05. The summed E-state index contributed by atoms with van der Waals surface area (Å²) in [5.41, 5.74) is 3.78. The normalized spacial score (nSPS) is 11.9. The first kappa shape index (κ1) is 26.6. The number of nitrogens with zero attached hydrogens (tertiary/aromatic N) is 2. The van der Waals surface area contributed by atoms with Gasteiger partial charge >= 0.3 is 5.97 Å². The molecule has 0 aliphatic carbocycles. The lowest BCUT2D eigenvalue weighted by atomic mass is 9.95. The molecular weight excluding hydrogens is 552 g/mol. The molecule has 196 valence electrons. The molecule has 5 rings (SSSR count). The molecular formula is C33H29BrN2O3. The highest BCUT2D eigenvalue weighted by Gasteiger charge is 2.29. The highest BCUT2D eigenvalue weighted by molar-refractivity contribution is 9.10. The highest BCUT2D eigenvalue weighted by Crippen LogP contribution is 2.39. The van der Waals surface area contributed by atoms with Crippen molar-refractivity contribution >= 4 is 32.8 Å². The number of ether oxygens (including phenoxy) is 2. The largest absolute Gasteiger partial charge is 0.465 e. The Labute approximate surface area is 237 Å². The van der Waals surface area contributed by atoms with Crippen molar-refractivity contribution < 1.29 is 14.3 Å². The van der Waals surface area contributed by atoms with E-state index in [0.717, 1.165) is 32.1 Å². The van der Waals surface area contributed by atoms with Crippen LogP contribution in [0.4, 0.5) is 0 Å². The van der Waals surface area contributed by atoms with Crippen molar-refractivity contribution in [1.29, 1.82) is 0 Å². The fourth-order valence-electron chi connectivity index (χ4n) is 4.68. The molecule has 1 unspecified atom stereocenters. The van der Waals surface area contributed by atoms with Crippen molar-refractivity contribution in [3.05, 3.63) is 136 Å². The van der Waals surface area contributed by atoms with Crippen LogP contribution in [0.5, 0.6) is 11.6 Å². The van der Waals surface area contributed by atoms with Gasteiger partial charge in [-0.3, -0.25) is 9.69 Å². The van der Waals surface area contributed by atoms with E-state index in [1.165, 1.54) is 0 Å². The molecule has 1 heterocycles. The SMILES string of the molecule is CCOC(=O)CN(Cc1ccccc1)C(c1ccccc1)c1cc2cc(Br)ccc2nc1Oc1ccccc1. The lowest BCUT2D eigenvalue weighted by molar-refractivity contribution is -0.145. The third-order valence-electron chi connectivity index (χ3n) is 6.37. The van der Waals surface area contributed by atoms with Crippen LogP contribution in [0.15, 0.2) is 120 Å². The summed E-state index contributed by atoms with van der Waals surface area (Å²) in [6, 6.07) is 37.7. The maximum absolute atomic E-state index is 12.9. The number of hydrogen-bond acceptors (Lipinski definition) is 5. The summed E-state index contributed by atoms with van der Waals surface area (Å²) >= 11 is 3.60. The quantitative estimate of drug-likeness (QED) is 0.157. The summed E-state index contributed by atoms with van der Waals surface area (Å²) in [6.45, 7) is 2.77. The molecule has 0 N–H and O–H groups in total. The molecule has 0 saturated heterocycles. The van der Waals surface area contributed by atoms with Gasteiger partial charge in [0, 0.05) is 22.0 Å². The summed E-state index contributed by atoms with van der Waals surface area (Å²) in [4.78, 5) is 20.0. The number of pyridine rings is 1. The van der Waals surface area contributed by atoms with E-state index in [2.05, 4.69) is 51.2 Å². The highest BCUT2D eigenvalue weighted by atomic mass is 79.9. The Kier molecular flexibility index (Phi) is 8.66. The van der Waals surface area contributed by atoms with Crippen LogP contribution in [0.3, 0.4) is 0 Å². The second kappa shape index (κ2) is 12.7. The average molecular weight is 582 g/mol. The molecule has 1 aromatic heterocycles. The van der Waals surface area contributed by atoms with Gasteiger partial charge in [0.05, 0.1) is 24.7 Å². The number of rotatable bonds is 10. The average Bonchev–Trinajstić information content (AvgIpc) is 2.95. The Morgan fingerprint density at radius 1 is 0.872 bits per heavy atom.